The molecule has 0 amide bonds. The molecular formula is C10H12FNO2. The van der Waals surface area contributed by atoms with Crippen LogP contribution in [0.4, 0.5) is 10.1 Å². The third kappa shape index (κ3) is 2.03. The van der Waals surface area contributed by atoms with Crippen LogP contribution >= 0.6 is 0 Å². The van der Waals surface area contributed by atoms with E-state index < -0.39 is 0 Å². The summed E-state index contributed by atoms with van der Waals surface area (Å²) >= 11 is 0. The molecule has 4 heteroatoms. The third-order valence-electron chi connectivity index (χ3n) is 1.68. The van der Waals surface area contributed by atoms with E-state index in [4.69, 9.17) is 9.84 Å². The van der Waals surface area contributed by atoms with Gasteiger partial charge in [0.15, 0.2) is 11.6 Å². The fraction of sp³-hybridized carbons (Fsp3) is 0.200. The van der Waals surface area contributed by atoms with Crippen LogP contribution in [0.2, 0.25) is 0 Å². The van der Waals surface area contributed by atoms with Crippen LogP contribution in [0.3, 0.4) is 0 Å². The number of hydrogen-bond acceptors (Lipinski definition) is 3. The first-order chi connectivity index (χ1) is 6.79. The molecule has 0 bridgehead atoms. The van der Waals surface area contributed by atoms with Gasteiger partial charge >= 0.3 is 0 Å². The average Bonchev–Trinajstić information content (AvgIpc) is 2.62. The fourth-order valence-electron chi connectivity index (χ4n) is 1.09. The van der Waals surface area contributed by atoms with E-state index in [0.29, 0.717) is 11.6 Å². The number of halogens is 1. The smallest absolute Gasteiger partial charge is 0.193 e. The van der Waals surface area contributed by atoms with Crippen LogP contribution in [0.5, 0.6) is 5.75 Å². The summed E-state index contributed by atoms with van der Waals surface area (Å²) in [4.78, 5) is 0. The summed E-state index contributed by atoms with van der Waals surface area (Å²) in [5, 5.41) is 9.98. The minimum atomic E-state index is -0.284. The number of rotatable bonds is 0. The minimum Gasteiger partial charge on any atom is -0.439 e. The average molecular weight is 197 g/mol. The highest BCUT2D eigenvalue weighted by Gasteiger charge is 2.15. The number of fused-ring (bicyclic) bond motifs is 1. The van der Waals surface area contributed by atoms with Crippen LogP contribution in [0.25, 0.3) is 0 Å². The topological polar surface area (TPSA) is 41.5 Å². The van der Waals surface area contributed by atoms with Crippen molar-refractivity contribution in [3.63, 3.8) is 0 Å². The van der Waals surface area contributed by atoms with E-state index in [1.165, 1.54) is 12.1 Å². The lowest BCUT2D eigenvalue weighted by atomic mass is 10.3. The van der Waals surface area contributed by atoms with Gasteiger partial charge in [-0.3, -0.25) is 0 Å². The van der Waals surface area contributed by atoms with Crippen molar-refractivity contribution in [1.29, 1.82) is 0 Å². The molecule has 0 fully saturated rings. The molecule has 0 unspecified atom stereocenters. The summed E-state index contributed by atoms with van der Waals surface area (Å²) in [5.41, 5.74) is 0.810. The Balaban J connectivity index is 0.000000461. The van der Waals surface area contributed by atoms with Crippen molar-refractivity contribution in [3.05, 3.63) is 36.0 Å². The normalized spacial score (nSPS) is 15.0. The zero-order valence-electron chi connectivity index (χ0n) is 8.04. The van der Waals surface area contributed by atoms with Crippen molar-refractivity contribution in [2.24, 2.45) is 0 Å². The highest BCUT2D eigenvalue weighted by atomic mass is 19.1. The van der Waals surface area contributed by atoms with E-state index in [0.717, 1.165) is 12.8 Å². The molecule has 2 rings (SSSR count). The Morgan fingerprint density at radius 3 is 2.79 bits per heavy atom. The zero-order valence-corrected chi connectivity index (χ0v) is 8.04. The molecule has 76 valence electrons. The van der Waals surface area contributed by atoms with Gasteiger partial charge in [0.2, 0.25) is 0 Å². The number of aliphatic hydroxyl groups excluding tert-OH is 1. The molecule has 2 N–H and O–H groups in total. The molecule has 0 aromatic heterocycles. The Morgan fingerprint density at radius 2 is 2.14 bits per heavy atom. The molecule has 1 aliphatic rings. The first-order valence-corrected chi connectivity index (χ1v) is 4.15. The predicted molar refractivity (Wildman–Crippen MR) is 52.6 cm³/mol. The second-order valence-electron chi connectivity index (χ2n) is 2.52. The molecule has 0 spiro atoms. The zero-order chi connectivity index (χ0) is 10.6. The Hall–Kier alpha value is -1.55. The van der Waals surface area contributed by atoms with E-state index in [9.17, 15) is 4.39 Å². The Morgan fingerprint density at radius 1 is 1.43 bits per heavy atom. The molecule has 1 aliphatic heterocycles. The number of hydrogen-bond donors (Lipinski definition) is 2. The maximum absolute atomic E-state index is 12.7. The highest BCUT2D eigenvalue weighted by molar-refractivity contribution is 5.63. The van der Waals surface area contributed by atoms with Gasteiger partial charge in [-0.25, -0.2) is 4.39 Å². The van der Waals surface area contributed by atoms with Gasteiger partial charge in [-0.2, -0.15) is 0 Å². The molecule has 1 aromatic carbocycles. The van der Waals surface area contributed by atoms with Gasteiger partial charge in [0, 0.05) is 13.2 Å². The number of benzene rings is 1. The Kier molecular flexibility index (Phi) is 3.48. The van der Waals surface area contributed by atoms with Crippen LogP contribution in [-0.2, 0) is 0 Å². The lowest BCUT2D eigenvalue weighted by Gasteiger charge is -1.94. The summed E-state index contributed by atoms with van der Waals surface area (Å²) in [6, 6.07) is 4.41. The van der Waals surface area contributed by atoms with Gasteiger partial charge in [-0.05, 0) is 25.1 Å². The quantitative estimate of drug-likeness (QED) is 0.669. The van der Waals surface area contributed by atoms with Crippen LogP contribution in [0.15, 0.2) is 30.2 Å². The standard InChI is InChI=1S/C9H8FNO.CH4O/c1-2-9-11-7-4-3-6(10)5-8(7)12-9;1-2/h2-5,11H,1H3;2H,1H3. The highest BCUT2D eigenvalue weighted by Crippen LogP contribution is 2.33. The van der Waals surface area contributed by atoms with E-state index in [1.807, 2.05) is 6.92 Å². The molecule has 0 atom stereocenters. The summed E-state index contributed by atoms with van der Waals surface area (Å²) in [6.07, 6.45) is 1.79. The van der Waals surface area contributed by atoms with Gasteiger partial charge in [0.05, 0.1) is 5.69 Å². The van der Waals surface area contributed by atoms with Crippen molar-refractivity contribution < 1.29 is 14.2 Å². The van der Waals surface area contributed by atoms with Crippen LogP contribution in [0.1, 0.15) is 6.92 Å². The largest absolute Gasteiger partial charge is 0.439 e. The molecule has 1 aromatic rings. The van der Waals surface area contributed by atoms with E-state index in [-0.39, 0.29) is 5.82 Å². The van der Waals surface area contributed by atoms with Crippen molar-refractivity contribution >= 4 is 5.69 Å². The maximum Gasteiger partial charge on any atom is 0.193 e. The van der Waals surface area contributed by atoms with Crippen LogP contribution in [0, 0.1) is 5.82 Å². The molecule has 0 radical (unpaired) electrons. The van der Waals surface area contributed by atoms with Gasteiger partial charge in [-0.1, -0.05) is 0 Å². The number of ether oxygens (including phenoxy) is 1. The van der Waals surface area contributed by atoms with Gasteiger partial charge in [0.1, 0.15) is 5.82 Å². The number of allylic oxidation sites excluding steroid dienone is 1. The molecule has 1 heterocycles. The second kappa shape index (κ2) is 4.62. The van der Waals surface area contributed by atoms with Crippen molar-refractivity contribution in [2.45, 2.75) is 6.92 Å². The molecule has 0 aliphatic carbocycles. The maximum atomic E-state index is 12.7. The molecule has 0 saturated heterocycles. The van der Waals surface area contributed by atoms with E-state index in [2.05, 4.69) is 5.32 Å². The first-order valence-electron chi connectivity index (χ1n) is 4.15. The molecular weight excluding hydrogens is 185 g/mol. The summed E-state index contributed by atoms with van der Waals surface area (Å²) in [5.74, 6) is 0.909. The van der Waals surface area contributed by atoms with Crippen molar-refractivity contribution in [1.82, 2.24) is 0 Å². The van der Waals surface area contributed by atoms with Gasteiger partial charge in [-0.15, -0.1) is 0 Å². The van der Waals surface area contributed by atoms with Gasteiger partial charge < -0.3 is 15.2 Å². The molecule has 14 heavy (non-hydrogen) atoms. The van der Waals surface area contributed by atoms with Crippen LogP contribution < -0.4 is 10.1 Å². The lowest BCUT2D eigenvalue weighted by molar-refractivity contribution is 0.399. The molecule has 0 saturated carbocycles. The fourth-order valence-corrected chi connectivity index (χ4v) is 1.09. The Labute approximate surface area is 81.8 Å². The van der Waals surface area contributed by atoms with Gasteiger partial charge in [0.25, 0.3) is 0 Å². The summed E-state index contributed by atoms with van der Waals surface area (Å²) in [6.45, 7) is 1.85. The van der Waals surface area contributed by atoms with Crippen molar-refractivity contribution in [3.8, 4) is 5.75 Å². The Bertz CT molecular complexity index is 350. The summed E-state index contributed by atoms with van der Waals surface area (Å²) < 4.78 is 17.9. The number of nitrogens with one attached hydrogen (secondary N) is 1. The van der Waals surface area contributed by atoms with E-state index >= 15 is 0 Å². The summed E-state index contributed by atoms with van der Waals surface area (Å²) in [7, 11) is 1.00. The van der Waals surface area contributed by atoms with E-state index in [1.54, 1.807) is 12.1 Å². The van der Waals surface area contributed by atoms with Crippen molar-refractivity contribution in [2.75, 3.05) is 12.4 Å². The number of anilines is 1. The number of aliphatic hydroxyl groups is 1. The molecule has 3 nitrogen and oxygen atoms in total. The predicted octanol–water partition coefficient (Wildman–Crippen LogP) is 2.10. The third-order valence-corrected chi connectivity index (χ3v) is 1.68. The van der Waals surface area contributed by atoms with Crippen LogP contribution in [-0.4, -0.2) is 12.2 Å². The first kappa shape index (κ1) is 10.5. The SMILES string of the molecule is CC=C1Nc2ccc(F)cc2O1.CO. The lowest BCUT2D eigenvalue weighted by Crippen LogP contribution is -1.94. The minimum absolute atomic E-state index is 0.284. The second-order valence-corrected chi connectivity index (χ2v) is 2.52. The monoisotopic (exact) mass is 197 g/mol.